The van der Waals surface area contributed by atoms with Crippen LogP contribution in [0.3, 0.4) is 0 Å². The van der Waals surface area contributed by atoms with Gasteiger partial charge in [-0.05, 0) is 24.6 Å². The molecule has 0 radical (unpaired) electrons. The molecule has 10 nitrogen and oxygen atoms in total. The summed E-state index contributed by atoms with van der Waals surface area (Å²) in [5, 5.41) is 14.3. The molecule has 1 unspecified atom stereocenters. The smallest absolute Gasteiger partial charge is 0.282 e. The Kier molecular flexibility index (Phi) is 8.78. The summed E-state index contributed by atoms with van der Waals surface area (Å²) >= 11 is -2.34. The molecule has 3 rings (SSSR count). The molecule has 1 amide bonds. The first-order valence-electron chi connectivity index (χ1n) is 10.4. The van der Waals surface area contributed by atoms with Gasteiger partial charge in [0.25, 0.3) is 11.6 Å². The van der Waals surface area contributed by atoms with Crippen LogP contribution in [0, 0.1) is 10.1 Å². The Morgan fingerprint density at radius 2 is 1.85 bits per heavy atom. The molecule has 1 fully saturated rings. The maximum absolute atomic E-state index is 13.0. The van der Waals surface area contributed by atoms with Crippen LogP contribution in [0.5, 0.6) is 0 Å². The van der Waals surface area contributed by atoms with Gasteiger partial charge in [-0.25, -0.2) is 4.21 Å². The number of nitrogens with one attached hydrogen (secondary N) is 1. The third-order valence-electron chi connectivity index (χ3n) is 5.26. The molecular formula is C22H25N3O7S. The predicted octanol–water partition coefficient (Wildman–Crippen LogP) is 2.00. The van der Waals surface area contributed by atoms with E-state index < -0.39 is 39.1 Å². The predicted molar refractivity (Wildman–Crippen MR) is 122 cm³/mol. The fourth-order valence-electron chi connectivity index (χ4n) is 3.60. The van der Waals surface area contributed by atoms with Gasteiger partial charge in [-0.1, -0.05) is 30.3 Å². The number of carbonyl (C=O) groups is 2. The number of amides is 1. The summed E-state index contributed by atoms with van der Waals surface area (Å²) in [5.74, 6) is -1.65. The first-order valence-corrected chi connectivity index (χ1v) is 11.7. The lowest BCUT2D eigenvalue weighted by atomic mass is 9.95. The SMILES string of the molecule is O=C(c1ccccc1)c1cc(C(=O)NCCCN2CCOCC2)c([N+](=O)[O-])cc1CS(=O)O. The number of morpholine rings is 1. The molecule has 0 bridgehead atoms. The van der Waals surface area contributed by atoms with E-state index in [0.29, 0.717) is 31.7 Å². The Labute approximate surface area is 193 Å². The van der Waals surface area contributed by atoms with Crippen LogP contribution in [-0.4, -0.2) is 69.7 Å². The summed E-state index contributed by atoms with van der Waals surface area (Å²) in [6.45, 7) is 4.03. The van der Waals surface area contributed by atoms with E-state index in [1.807, 2.05) is 0 Å². The molecule has 33 heavy (non-hydrogen) atoms. The molecule has 0 saturated carbocycles. The van der Waals surface area contributed by atoms with Crippen molar-refractivity contribution in [3.63, 3.8) is 0 Å². The molecule has 0 aromatic heterocycles. The van der Waals surface area contributed by atoms with Crippen molar-refractivity contribution in [1.82, 2.24) is 10.2 Å². The summed E-state index contributed by atoms with van der Waals surface area (Å²) in [4.78, 5) is 38.9. The van der Waals surface area contributed by atoms with Gasteiger partial charge in [-0.15, -0.1) is 0 Å². The van der Waals surface area contributed by atoms with Gasteiger partial charge in [0.1, 0.15) is 5.56 Å². The summed E-state index contributed by atoms with van der Waals surface area (Å²) < 4.78 is 26.1. The minimum Gasteiger partial charge on any atom is -0.379 e. The largest absolute Gasteiger partial charge is 0.379 e. The third kappa shape index (κ3) is 6.75. The van der Waals surface area contributed by atoms with Gasteiger partial charge in [0.15, 0.2) is 16.9 Å². The Bertz CT molecular complexity index is 1040. The Morgan fingerprint density at radius 1 is 1.15 bits per heavy atom. The van der Waals surface area contributed by atoms with Crippen molar-refractivity contribution in [3.05, 3.63) is 74.8 Å². The molecule has 1 aliphatic rings. The van der Waals surface area contributed by atoms with E-state index in [9.17, 15) is 28.5 Å². The molecule has 2 N–H and O–H groups in total. The maximum atomic E-state index is 13.0. The van der Waals surface area contributed by atoms with Crippen molar-refractivity contribution in [2.75, 3.05) is 39.4 Å². The highest BCUT2D eigenvalue weighted by Gasteiger charge is 2.26. The molecular weight excluding hydrogens is 450 g/mol. The van der Waals surface area contributed by atoms with E-state index >= 15 is 0 Å². The molecule has 0 spiro atoms. The zero-order valence-corrected chi connectivity index (χ0v) is 18.7. The molecule has 11 heteroatoms. The summed E-state index contributed by atoms with van der Waals surface area (Å²) in [5.41, 5.74) is -0.481. The molecule has 2 aromatic rings. The lowest BCUT2D eigenvalue weighted by Gasteiger charge is -2.26. The van der Waals surface area contributed by atoms with Crippen molar-refractivity contribution in [3.8, 4) is 0 Å². The molecule has 2 aromatic carbocycles. The van der Waals surface area contributed by atoms with E-state index in [1.54, 1.807) is 30.3 Å². The Morgan fingerprint density at radius 3 is 2.48 bits per heavy atom. The Balaban J connectivity index is 1.84. The number of nitro benzene ring substituents is 1. The van der Waals surface area contributed by atoms with Gasteiger partial charge >= 0.3 is 0 Å². The van der Waals surface area contributed by atoms with Crippen LogP contribution < -0.4 is 5.32 Å². The van der Waals surface area contributed by atoms with Crippen molar-refractivity contribution in [2.24, 2.45) is 0 Å². The molecule has 1 saturated heterocycles. The maximum Gasteiger partial charge on any atom is 0.282 e. The second-order valence-corrected chi connectivity index (χ2v) is 8.44. The summed E-state index contributed by atoms with van der Waals surface area (Å²) in [6.07, 6.45) is 0.650. The van der Waals surface area contributed by atoms with Crippen molar-refractivity contribution < 1.29 is 28.0 Å². The van der Waals surface area contributed by atoms with Crippen LogP contribution in [0.1, 0.15) is 38.3 Å². The number of ether oxygens (including phenoxy) is 1. The Hall–Kier alpha value is -2.99. The molecule has 1 aliphatic heterocycles. The fraction of sp³-hybridized carbons (Fsp3) is 0.364. The second-order valence-electron chi connectivity index (χ2n) is 7.51. The van der Waals surface area contributed by atoms with Gasteiger partial charge in [0.2, 0.25) is 0 Å². The zero-order valence-electron chi connectivity index (χ0n) is 17.9. The lowest BCUT2D eigenvalue weighted by molar-refractivity contribution is -0.385. The third-order valence-corrected chi connectivity index (χ3v) is 5.82. The van der Waals surface area contributed by atoms with Gasteiger partial charge in [-0.2, -0.15) is 0 Å². The zero-order chi connectivity index (χ0) is 23.8. The highest BCUT2D eigenvalue weighted by molar-refractivity contribution is 7.78. The average Bonchev–Trinajstić information content (AvgIpc) is 2.81. The molecule has 176 valence electrons. The number of nitrogens with zero attached hydrogens (tertiary/aromatic N) is 2. The molecule has 1 atom stereocenters. The number of ketones is 1. The molecule has 0 aliphatic carbocycles. The van der Waals surface area contributed by atoms with Gasteiger partial charge in [-0.3, -0.25) is 24.6 Å². The number of carbonyl (C=O) groups excluding carboxylic acids is 2. The van der Waals surface area contributed by atoms with Crippen molar-refractivity contribution in [1.29, 1.82) is 0 Å². The number of hydrogen-bond acceptors (Lipinski definition) is 7. The van der Waals surface area contributed by atoms with Crippen LogP contribution in [-0.2, 0) is 21.6 Å². The second kappa shape index (κ2) is 11.8. The van der Waals surface area contributed by atoms with E-state index in [2.05, 4.69) is 10.2 Å². The molecule has 1 heterocycles. The summed E-state index contributed by atoms with van der Waals surface area (Å²) in [6, 6.07) is 10.4. The van der Waals surface area contributed by atoms with Crippen LogP contribution in [0.15, 0.2) is 42.5 Å². The number of nitro groups is 1. The fourth-order valence-corrected chi connectivity index (χ4v) is 4.10. The van der Waals surface area contributed by atoms with E-state index in [-0.39, 0.29) is 16.7 Å². The summed E-state index contributed by atoms with van der Waals surface area (Å²) in [7, 11) is 0. The highest BCUT2D eigenvalue weighted by atomic mass is 32.2. The van der Waals surface area contributed by atoms with Crippen LogP contribution in [0.4, 0.5) is 5.69 Å². The van der Waals surface area contributed by atoms with Gasteiger partial charge in [0, 0.05) is 36.8 Å². The number of hydrogen-bond donors (Lipinski definition) is 2. The number of rotatable bonds is 10. The average molecular weight is 476 g/mol. The van der Waals surface area contributed by atoms with Crippen molar-refractivity contribution in [2.45, 2.75) is 12.2 Å². The normalized spacial score (nSPS) is 15.1. The standard InChI is InChI=1S/C22H25N3O7S/c26-21(16-5-2-1-3-6-16)18-14-19(20(25(28)29)13-17(18)15-33(30)31)22(27)23-7-4-8-24-9-11-32-12-10-24/h1-3,5-6,13-14H,4,7-12,15H2,(H,23,27)(H,30,31). The first-order chi connectivity index (χ1) is 15.9. The lowest BCUT2D eigenvalue weighted by Crippen LogP contribution is -2.38. The number of benzene rings is 2. The van der Waals surface area contributed by atoms with Crippen LogP contribution >= 0.6 is 0 Å². The quantitative estimate of drug-likeness (QED) is 0.175. The minimum absolute atomic E-state index is 0.0207. The first kappa shape index (κ1) is 24.6. The monoisotopic (exact) mass is 475 g/mol. The van der Waals surface area contributed by atoms with E-state index in [4.69, 9.17) is 4.74 Å². The van der Waals surface area contributed by atoms with Gasteiger partial charge in [0.05, 0.1) is 23.9 Å². The van der Waals surface area contributed by atoms with Crippen LogP contribution in [0.2, 0.25) is 0 Å². The topological polar surface area (TPSA) is 139 Å². The van der Waals surface area contributed by atoms with E-state index in [1.165, 1.54) is 0 Å². The van der Waals surface area contributed by atoms with Crippen molar-refractivity contribution >= 4 is 28.5 Å². The van der Waals surface area contributed by atoms with Crippen LogP contribution in [0.25, 0.3) is 0 Å². The van der Waals surface area contributed by atoms with E-state index in [0.717, 1.165) is 31.8 Å². The highest BCUT2D eigenvalue weighted by Crippen LogP contribution is 2.27. The minimum atomic E-state index is -2.34. The van der Waals surface area contributed by atoms with Gasteiger partial charge < -0.3 is 14.6 Å².